The van der Waals surface area contributed by atoms with Gasteiger partial charge in [-0.3, -0.25) is 9.36 Å². The molecule has 16 heavy (non-hydrogen) atoms. The summed E-state index contributed by atoms with van der Waals surface area (Å²) in [5.41, 5.74) is -0.272. The second kappa shape index (κ2) is 3.31. The minimum Gasteiger partial charge on any atom is -0.456 e. The van der Waals surface area contributed by atoms with Crippen molar-refractivity contribution in [1.82, 2.24) is 9.55 Å². The third-order valence-electron chi connectivity index (χ3n) is 3.42. The molecule has 2 aliphatic rings. The van der Waals surface area contributed by atoms with Crippen LogP contribution in [-0.4, -0.2) is 21.8 Å². The lowest BCUT2D eigenvalue weighted by molar-refractivity contribution is -0.00767. The summed E-state index contributed by atoms with van der Waals surface area (Å²) < 4.78 is 13.4. The average molecular weight is 222 g/mol. The van der Waals surface area contributed by atoms with Crippen LogP contribution in [0.2, 0.25) is 0 Å². The molecular weight excluding hydrogens is 208 g/mol. The molecule has 5 nitrogen and oxygen atoms in total. The van der Waals surface area contributed by atoms with Crippen molar-refractivity contribution in [2.45, 2.75) is 38.7 Å². The number of hydrogen-bond donors (Lipinski definition) is 0. The number of fused-ring (bicyclic) bond motifs is 3. The normalized spacial score (nSPS) is 35.6. The number of aromatic nitrogens is 2. The third-order valence-corrected chi connectivity index (χ3v) is 3.42. The molecule has 0 spiro atoms. The first-order valence-corrected chi connectivity index (χ1v) is 5.62. The summed E-state index contributed by atoms with van der Waals surface area (Å²) in [6, 6.07) is 1.81. The summed E-state index contributed by atoms with van der Waals surface area (Å²) in [5, 5.41) is 0. The Bertz CT molecular complexity index is 471. The summed E-state index contributed by atoms with van der Waals surface area (Å²) in [6.07, 6.45) is 2.76. The van der Waals surface area contributed by atoms with Crippen molar-refractivity contribution in [3.05, 3.63) is 22.6 Å². The van der Waals surface area contributed by atoms with E-state index in [-0.39, 0.29) is 24.0 Å². The smallest absolute Gasteiger partial charge is 0.302 e. The van der Waals surface area contributed by atoms with Crippen molar-refractivity contribution in [2.24, 2.45) is 5.92 Å². The van der Waals surface area contributed by atoms with Gasteiger partial charge in [0, 0.05) is 18.2 Å². The molecule has 0 bridgehead atoms. The molecule has 3 rings (SSSR count). The minimum atomic E-state index is -0.272. The molecule has 0 saturated carbocycles. The Morgan fingerprint density at radius 1 is 1.56 bits per heavy atom. The predicted molar refractivity (Wildman–Crippen MR) is 56.3 cm³/mol. The van der Waals surface area contributed by atoms with Gasteiger partial charge >= 0.3 is 6.01 Å². The molecule has 3 heterocycles. The number of hydrogen-bond acceptors (Lipinski definition) is 4. The maximum atomic E-state index is 11.1. The van der Waals surface area contributed by atoms with E-state index in [0.717, 1.165) is 6.42 Å². The van der Waals surface area contributed by atoms with E-state index in [1.165, 1.54) is 6.07 Å². The highest BCUT2D eigenvalue weighted by atomic mass is 16.6. The van der Waals surface area contributed by atoms with Crippen molar-refractivity contribution in [1.29, 1.82) is 0 Å². The molecule has 0 radical (unpaired) electrons. The molecule has 86 valence electrons. The van der Waals surface area contributed by atoms with E-state index in [4.69, 9.17) is 9.47 Å². The Labute approximate surface area is 93.0 Å². The van der Waals surface area contributed by atoms with E-state index in [1.807, 2.05) is 0 Å². The summed E-state index contributed by atoms with van der Waals surface area (Å²) in [5.74, 6) is 0.326. The summed E-state index contributed by atoms with van der Waals surface area (Å²) >= 11 is 0. The van der Waals surface area contributed by atoms with Gasteiger partial charge in [0.15, 0.2) is 12.3 Å². The van der Waals surface area contributed by atoms with Crippen LogP contribution in [0.15, 0.2) is 17.1 Å². The summed E-state index contributed by atoms with van der Waals surface area (Å²) in [4.78, 5) is 14.9. The molecule has 1 aromatic heterocycles. The van der Waals surface area contributed by atoms with E-state index in [2.05, 4.69) is 18.8 Å². The van der Waals surface area contributed by atoms with Crippen molar-refractivity contribution in [3.63, 3.8) is 0 Å². The van der Waals surface area contributed by atoms with Gasteiger partial charge in [0.1, 0.15) is 0 Å². The molecule has 0 aliphatic carbocycles. The molecule has 2 aliphatic heterocycles. The zero-order valence-electron chi connectivity index (χ0n) is 9.29. The van der Waals surface area contributed by atoms with Crippen molar-refractivity contribution in [2.75, 3.05) is 0 Å². The predicted octanol–water partition coefficient (Wildman–Crippen LogP) is 0.948. The molecule has 1 saturated heterocycles. The van der Waals surface area contributed by atoms with Crippen LogP contribution in [0.25, 0.3) is 0 Å². The van der Waals surface area contributed by atoms with Crippen LogP contribution in [0, 0.1) is 5.92 Å². The Kier molecular flexibility index (Phi) is 2.04. The Hall–Kier alpha value is -1.36. The van der Waals surface area contributed by atoms with E-state index < -0.39 is 0 Å². The van der Waals surface area contributed by atoms with Gasteiger partial charge in [-0.2, -0.15) is 4.98 Å². The van der Waals surface area contributed by atoms with E-state index in [9.17, 15) is 4.79 Å². The lowest BCUT2D eigenvalue weighted by atomic mass is 9.99. The van der Waals surface area contributed by atoms with E-state index in [1.54, 1.807) is 10.8 Å². The molecular formula is C11H14N2O3. The van der Waals surface area contributed by atoms with Gasteiger partial charge in [0.2, 0.25) is 0 Å². The highest BCUT2D eigenvalue weighted by Crippen LogP contribution is 2.42. The molecule has 0 amide bonds. The monoisotopic (exact) mass is 222 g/mol. The fraction of sp³-hybridized carbons (Fsp3) is 0.636. The fourth-order valence-corrected chi connectivity index (χ4v) is 2.51. The van der Waals surface area contributed by atoms with Gasteiger partial charge in [0.25, 0.3) is 5.56 Å². The van der Waals surface area contributed by atoms with Gasteiger partial charge in [-0.05, 0) is 6.42 Å². The largest absolute Gasteiger partial charge is 0.456 e. The van der Waals surface area contributed by atoms with Gasteiger partial charge in [-0.1, -0.05) is 13.8 Å². The molecule has 1 aromatic rings. The van der Waals surface area contributed by atoms with Gasteiger partial charge in [0.05, 0.1) is 6.10 Å². The first-order chi connectivity index (χ1) is 7.70. The Morgan fingerprint density at radius 2 is 2.38 bits per heavy atom. The third kappa shape index (κ3) is 1.21. The fourth-order valence-electron chi connectivity index (χ4n) is 2.51. The molecule has 1 fully saturated rings. The highest BCUT2D eigenvalue weighted by molar-refractivity contribution is 5.09. The van der Waals surface area contributed by atoms with Crippen LogP contribution in [0.5, 0.6) is 6.01 Å². The van der Waals surface area contributed by atoms with Gasteiger partial charge < -0.3 is 9.47 Å². The van der Waals surface area contributed by atoms with Crippen LogP contribution in [0.3, 0.4) is 0 Å². The van der Waals surface area contributed by atoms with Gasteiger partial charge in [-0.25, -0.2) is 0 Å². The summed E-state index contributed by atoms with van der Waals surface area (Å²) in [6.45, 7) is 4.22. The van der Waals surface area contributed by atoms with Crippen LogP contribution in [-0.2, 0) is 4.74 Å². The van der Waals surface area contributed by atoms with Crippen molar-refractivity contribution >= 4 is 0 Å². The number of ether oxygens (including phenoxy) is 2. The SMILES string of the molecule is CC[C@@H]1O[C@H]2C(Oc3nc(=O)ccn32)C1C. The Balaban J connectivity index is 1.99. The van der Waals surface area contributed by atoms with Crippen molar-refractivity contribution < 1.29 is 9.47 Å². The molecule has 0 aromatic carbocycles. The number of nitrogens with zero attached hydrogens (tertiary/aromatic N) is 2. The second-order valence-electron chi connectivity index (χ2n) is 4.37. The van der Waals surface area contributed by atoms with Crippen LogP contribution in [0.4, 0.5) is 0 Å². The first kappa shape index (κ1) is 9.84. The van der Waals surface area contributed by atoms with E-state index >= 15 is 0 Å². The molecule has 5 heteroatoms. The highest BCUT2D eigenvalue weighted by Gasteiger charge is 2.48. The zero-order chi connectivity index (χ0) is 11.3. The van der Waals surface area contributed by atoms with Gasteiger partial charge in [-0.15, -0.1) is 0 Å². The lowest BCUT2D eigenvalue weighted by Gasteiger charge is -2.15. The van der Waals surface area contributed by atoms with Crippen molar-refractivity contribution in [3.8, 4) is 6.01 Å². The van der Waals surface area contributed by atoms with E-state index in [0.29, 0.717) is 11.9 Å². The number of rotatable bonds is 1. The average Bonchev–Trinajstić information content (AvgIpc) is 2.75. The first-order valence-electron chi connectivity index (χ1n) is 5.62. The lowest BCUT2D eigenvalue weighted by Crippen LogP contribution is -2.24. The molecule has 2 unspecified atom stereocenters. The maximum Gasteiger partial charge on any atom is 0.302 e. The zero-order valence-corrected chi connectivity index (χ0v) is 9.29. The second-order valence-corrected chi connectivity index (χ2v) is 4.37. The Morgan fingerprint density at radius 3 is 3.12 bits per heavy atom. The molecule has 4 atom stereocenters. The standard InChI is InChI=1S/C11H14N2O3/c1-3-7-6(2)9-10(15-7)13-5-4-8(14)12-11(13)16-9/h4-7,9-10H,3H2,1-2H3/t6?,7-,9?,10-/m0/s1. The van der Waals surface area contributed by atoms with Crippen LogP contribution in [0.1, 0.15) is 26.5 Å². The minimum absolute atomic E-state index is 0.0146. The maximum absolute atomic E-state index is 11.1. The quantitative estimate of drug-likeness (QED) is 0.709. The van der Waals surface area contributed by atoms with Crippen LogP contribution >= 0.6 is 0 Å². The molecule has 0 N–H and O–H groups in total. The summed E-state index contributed by atoms with van der Waals surface area (Å²) in [7, 11) is 0. The van der Waals surface area contributed by atoms with Crippen LogP contribution < -0.4 is 10.3 Å². The topological polar surface area (TPSA) is 53.4 Å².